The number of aliphatic hydroxyl groups excluding tert-OH is 1. The molecule has 2 aliphatic rings. The van der Waals surface area contributed by atoms with Gasteiger partial charge in [-0.15, -0.1) is 0 Å². The minimum atomic E-state index is -0.665. The second-order valence-electron chi connectivity index (χ2n) is 5.86. The van der Waals surface area contributed by atoms with Gasteiger partial charge >= 0.3 is 6.03 Å². The summed E-state index contributed by atoms with van der Waals surface area (Å²) in [6, 6.07) is -0.723. The summed E-state index contributed by atoms with van der Waals surface area (Å²) in [4.78, 5) is 25.7. The summed E-state index contributed by atoms with van der Waals surface area (Å²) in [6.07, 6.45) is 4.06. The Kier molecular flexibility index (Phi) is 3.61. The van der Waals surface area contributed by atoms with Crippen molar-refractivity contribution >= 4 is 11.9 Å². The first-order chi connectivity index (χ1) is 8.50. The third-order valence-electron chi connectivity index (χ3n) is 3.97. The quantitative estimate of drug-likeness (QED) is 0.742. The van der Waals surface area contributed by atoms with Crippen LogP contribution < -0.4 is 5.32 Å². The fraction of sp³-hybridized carbons (Fsp3) is 0.846. The Labute approximate surface area is 108 Å². The summed E-state index contributed by atoms with van der Waals surface area (Å²) in [6.45, 7) is 3.88. The van der Waals surface area contributed by atoms with Crippen LogP contribution in [0.5, 0.6) is 0 Å². The summed E-state index contributed by atoms with van der Waals surface area (Å²) in [5.74, 6) is 0.201. The highest BCUT2D eigenvalue weighted by atomic mass is 16.3. The number of aliphatic hydroxyl groups is 1. The molecule has 0 aromatic heterocycles. The van der Waals surface area contributed by atoms with Crippen molar-refractivity contribution in [3.05, 3.63) is 0 Å². The van der Waals surface area contributed by atoms with Crippen molar-refractivity contribution in [3.63, 3.8) is 0 Å². The van der Waals surface area contributed by atoms with Crippen LogP contribution >= 0.6 is 0 Å². The van der Waals surface area contributed by atoms with Crippen LogP contribution in [0.2, 0.25) is 0 Å². The van der Waals surface area contributed by atoms with Gasteiger partial charge in [-0.25, -0.2) is 4.79 Å². The summed E-state index contributed by atoms with van der Waals surface area (Å²) in [5, 5.41) is 12.3. The summed E-state index contributed by atoms with van der Waals surface area (Å²) >= 11 is 0. The molecule has 0 aromatic rings. The first kappa shape index (κ1) is 13.3. The molecule has 1 atom stereocenters. The SMILES string of the molecule is CC(C)CC(CO)N1C(=O)NC2(CCCC2)C1=O. The maximum Gasteiger partial charge on any atom is 0.325 e. The average Bonchev–Trinajstić information content (AvgIpc) is 2.85. The number of urea groups is 1. The molecule has 1 spiro atoms. The number of nitrogens with one attached hydrogen (secondary N) is 1. The molecule has 2 N–H and O–H groups in total. The van der Waals surface area contributed by atoms with E-state index in [0.29, 0.717) is 12.3 Å². The van der Waals surface area contributed by atoms with Gasteiger partial charge in [-0.05, 0) is 25.2 Å². The van der Waals surface area contributed by atoms with E-state index in [9.17, 15) is 14.7 Å². The monoisotopic (exact) mass is 254 g/mol. The topological polar surface area (TPSA) is 69.6 Å². The fourth-order valence-corrected chi connectivity index (χ4v) is 3.10. The Hall–Kier alpha value is -1.10. The number of amides is 3. The minimum absolute atomic E-state index is 0.135. The molecule has 1 aliphatic heterocycles. The molecular weight excluding hydrogens is 232 g/mol. The molecule has 0 radical (unpaired) electrons. The Bertz CT molecular complexity index is 348. The van der Waals surface area contributed by atoms with Gasteiger partial charge in [-0.3, -0.25) is 9.69 Å². The predicted molar refractivity (Wildman–Crippen MR) is 66.9 cm³/mol. The highest BCUT2D eigenvalue weighted by molar-refractivity contribution is 6.07. The first-order valence-corrected chi connectivity index (χ1v) is 6.77. The van der Waals surface area contributed by atoms with Crippen molar-refractivity contribution in [1.29, 1.82) is 0 Å². The number of carbonyl (C=O) groups is 2. The molecule has 18 heavy (non-hydrogen) atoms. The molecule has 1 aliphatic carbocycles. The number of hydrogen-bond acceptors (Lipinski definition) is 3. The van der Waals surface area contributed by atoms with Crippen LogP contribution in [-0.4, -0.2) is 40.1 Å². The molecule has 0 bridgehead atoms. The van der Waals surface area contributed by atoms with Crippen molar-refractivity contribution in [2.45, 2.75) is 57.5 Å². The van der Waals surface area contributed by atoms with E-state index in [1.807, 2.05) is 13.8 Å². The van der Waals surface area contributed by atoms with E-state index < -0.39 is 11.6 Å². The van der Waals surface area contributed by atoms with Gasteiger partial charge in [-0.1, -0.05) is 26.7 Å². The molecule has 102 valence electrons. The number of carbonyl (C=O) groups excluding carboxylic acids is 2. The fourth-order valence-electron chi connectivity index (χ4n) is 3.10. The molecule has 0 aromatic carbocycles. The lowest BCUT2D eigenvalue weighted by Gasteiger charge is -2.26. The van der Waals surface area contributed by atoms with Gasteiger partial charge in [0.1, 0.15) is 5.54 Å². The van der Waals surface area contributed by atoms with Gasteiger partial charge in [0.25, 0.3) is 5.91 Å². The van der Waals surface area contributed by atoms with Crippen LogP contribution in [0.3, 0.4) is 0 Å². The first-order valence-electron chi connectivity index (χ1n) is 6.77. The lowest BCUT2D eigenvalue weighted by atomic mass is 9.96. The van der Waals surface area contributed by atoms with E-state index in [4.69, 9.17) is 0 Å². The number of imide groups is 1. The zero-order chi connectivity index (χ0) is 13.3. The van der Waals surface area contributed by atoms with Gasteiger partial charge in [0.2, 0.25) is 0 Å². The summed E-state index contributed by atoms with van der Waals surface area (Å²) in [7, 11) is 0. The molecule has 1 saturated carbocycles. The zero-order valence-electron chi connectivity index (χ0n) is 11.1. The second kappa shape index (κ2) is 4.88. The maximum absolute atomic E-state index is 12.5. The average molecular weight is 254 g/mol. The van der Waals surface area contributed by atoms with Crippen molar-refractivity contribution in [1.82, 2.24) is 10.2 Å². The highest BCUT2D eigenvalue weighted by Crippen LogP contribution is 2.36. The van der Waals surface area contributed by atoms with Gasteiger partial charge < -0.3 is 10.4 Å². The number of nitrogens with zero attached hydrogens (tertiary/aromatic N) is 1. The van der Waals surface area contributed by atoms with Crippen LogP contribution in [-0.2, 0) is 4.79 Å². The van der Waals surface area contributed by atoms with E-state index in [2.05, 4.69) is 5.32 Å². The van der Waals surface area contributed by atoms with Crippen molar-refractivity contribution < 1.29 is 14.7 Å². The van der Waals surface area contributed by atoms with Crippen molar-refractivity contribution in [2.75, 3.05) is 6.61 Å². The largest absolute Gasteiger partial charge is 0.394 e. The maximum atomic E-state index is 12.5. The molecule has 2 fully saturated rings. The van der Waals surface area contributed by atoms with Crippen LogP contribution in [0, 0.1) is 5.92 Å². The molecular formula is C13H22N2O3. The molecule has 1 saturated heterocycles. The normalized spacial score (nSPS) is 24.1. The van der Waals surface area contributed by atoms with E-state index in [1.54, 1.807) is 0 Å². The lowest BCUT2D eigenvalue weighted by Crippen LogP contribution is -2.47. The second-order valence-corrected chi connectivity index (χ2v) is 5.86. The lowest BCUT2D eigenvalue weighted by molar-refractivity contribution is -0.133. The van der Waals surface area contributed by atoms with E-state index in [1.165, 1.54) is 4.90 Å². The molecule has 1 unspecified atom stereocenters. The van der Waals surface area contributed by atoms with Crippen molar-refractivity contribution in [2.24, 2.45) is 5.92 Å². The van der Waals surface area contributed by atoms with Gasteiger partial charge in [-0.2, -0.15) is 0 Å². The Morgan fingerprint density at radius 1 is 1.33 bits per heavy atom. The molecule has 5 nitrogen and oxygen atoms in total. The molecule has 5 heteroatoms. The summed E-state index contributed by atoms with van der Waals surface area (Å²) < 4.78 is 0. The predicted octanol–water partition coefficient (Wildman–Crippen LogP) is 1.26. The summed E-state index contributed by atoms with van der Waals surface area (Å²) in [5.41, 5.74) is -0.665. The van der Waals surface area contributed by atoms with E-state index in [-0.39, 0.29) is 18.5 Å². The minimum Gasteiger partial charge on any atom is -0.394 e. The molecule has 1 heterocycles. The standard InChI is InChI=1S/C13H22N2O3/c1-9(2)7-10(8-16)15-11(17)13(14-12(15)18)5-3-4-6-13/h9-10,16H,3-8H2,1-2H3,(H,14,18). The van der Waals surface area contributed by atoms with Gasteiger partial charge in [0.15, 0.2) is 0 Å². The van der Waals surface area contributed by atoms with Crippen LogP contribution in [0.1, 0.15) is 46.0 Å². The number of rotatable bonds is 4. The van der Waals surface area contributed by atoms with Gasteiger partial charge in [0, 0.05) is 0 Å². The Balaban J connectivity index is 2.17. The Morgan fingerprint density at radius 2 is 1.94 bits per heavy atom. The number of hydrogen-bond donors (Lipinski definition) is 2. The zero-order valence-corrected chi connectivity index (χ0v) is 11.1. The van der Waals surface area contributed by atoms with Gasteiger partial charge in [0.05, 0.1) is 12.6 Å². The van der Waals surface area contributed by atoms with E-state index in [0.717, 1.165) is 25.7 Å². The molecule has 2 rings (SSSR count). The smallest absolute Gasteiger partial charge is 0.325 e. The molecule has 3 amide bonds. The van der Waals surface area contributed by atoms with Crippen molar-refractivity contribution in [3.8, 4) is 0 Å². The Morgan fingerprint density at radius 3 is 2.44 bits per heavy atom. The third-order valence-corrected chi connectivity index (χ3v) is 3.97. The van der Waals surface area contributed by atoms with Crippen LogP contribution in [0.15, 0.2) is 0 Å². The van der Waals surface area contributed by atoms with Crippen LogP contribution in [0.25, 0.3) is 0 Å². The van der Waals surface area contributed by atoms with Crippen LogP contribution in [0.4, 0.5) is 4.79 Å². The highest BCUT2D eigenvalue weighted by Gasteiger charge is 2.54. The van der Waals surface area contributed by atoms with E-state index >= 15 is 0 Å². The third kappa shape index (κ3) is 2.11.